The average Bonchev–Trinajstić information content (AvgIpc) is 2.73. The van der Waals surface area contributed by atoms with E-state index < -0.39 is 3.79 Å². The Morgan fingerprint density at radius 1 is 1.00 bits per heavy atom. The maximum atomic E-state index is 12.7. The number of nitrogens with zero attached hydrogens (tertiary/aromatic N) is 3. The highest BCUT2D eigenvalue weighted by molar-refractivity contribution is 6.66. The SMILES string of the molecule is CN1CCN(C(=O)c2ccc(Nc3cc(C(Cl)(Cl)Cl)nc4ccccc34)cc2)CC1. The maximum absolute atomic E-state index is 12.7. The van der Waals surface area contributed by atoms with Crippen LogP contribution in [0.25, 0.3) is 10.9 Å². The molecule has 1 aliphatic heterocycles. The lowest BCUT2D eigenvalue weighted by Crippen LogP contribution is -2.47. The van der Waals surface area contributed by atoms with Gasteiger partial charge in [0.05, 0.1) is 11.2 Å². The largest absolute Gasteiger partial charge is 0.355 e. The highest BCUT2D eigenvalue weighted by atomic mass is 35.6. The lowest BCUT2D eigenvalue weighted by atomic mass is 10.1. The number of pyridine rings is 1. The molecule has 0 aliphatic carbocycles. The second-order valence-corrected chi connectivity index (χ2v) is 9.65. The molecule has 1 aromatic heterocycles. The number of benzene rings is 2. The van der Waals surface area contributed by atoms with Crippen LogP contribution < -0.4 is 5.32 Å². The molecule has 0 bridgehead atoms. The number of amides is 1. The Labute approximate surface area is 190 Å². The summed E-state index contributed by atoms with van der Waals surface area (Å²) in [5.74, 6) is 0.0579. The van der Waals surface area contributed by atoms with Gasteiger partial charge in [-0.3, -0.25) is 4.79 Å². The Balaban J connectivity index is 1.58. The number of piperazine rings is 1. The lowest BCUT2D eigenvalue weighted by Gasteiger charge is -2.32. The Bertz CT molecular complexity index is 1060. The van der Waals surface area contributed by atoms with Crippen molar-refractivity contribution in [2.24, 2.45) is 0 Å². The fourth-order valence-electron chi connectivity index (χ4n) is 3.47. The first-order valence-electron chi connectivity index (χ1n) is 9.63. The van der Waals surface area contributed by atoms with E-state index in [2.05, 4.69) is 22.2 Å². The Morgan fingerprint density at radius 2 is 1.67 bits per heavy atom. The van der Waals surface area contributed by atoms with E-state index in [1.54, 1.807) is 6.07 Å². The van der Waals surface area contributed by atoms with Crippen LogP contribution in [0.3, 0.4) is 0 Å². The zero-order valence-corrected chi connectivity index (χ0v) is 18.7. The second kappa shape index (κ2) is 8.60. The summed E-state index contributed by atoms with van der Waals surface area (Å²) in [4.78, 5) is 21.3. The van der Waals surface area contributed by atoms with Gasteiger partial charge in [-0.25, -0.2) is 4.98 Å². The second-order valence-electron chi connectivity index (χ2n) is 7.37. The van der Waals surface area contributed by atoms with Gasteiger partial charge in [-0.15, -0.1) is 0 Å². The summed E-state index contributed by atoms with van der Waals surface area (Å²) in [5.41, 5.74) is 3.35. The van der Waals surface area contributed by atoms with Gasteiger partial charge in [-0.1, -0.05) is 53.0 Å². The number of rotatable bonds is 3. The molecule has 2 heterocycles. The van der Waals surface area contributed by atoms with Gasteiger partial charge >= 0.3 is 0 Å². The smallest absolute Gasteiger partial charge is 0.253 e. The number of fused-ring (bicyclic) bond motifs is 1. The van der Waals surface area contributed by atoms with Gasteiger partial charge in [0.25, 0.3) is 5.91 Å². The fraction of sp³-hybridized carbons (Fsp3) is 0.273. The van der Waals surface area contributed by atoms with E-state index in [9.17, 15) is 4.79 Å². The molecule has 156 valence electrons. The molecule has 0 radical (unpaired) electrons. The van der Waals surface area contributed by atoms with Crippen molar-refractivity contribution in [2.45, 2.75) is 3.79 Å². The van der Waals surface area contributed by atoms with Gasteiger partial charge in [0.2, 0.25) is 3.79 Å². The molecule has 2 aromatic carbocycles. The van der Waals surface area contributed by atoms with Crippen molar-refractivity contribution in [1.82, 2.24) is 14.8 Å². The Hall–Kier alpha value is -2.05. The molecule has 1 amide bonds. The number of nitrogens with one attached hydrogen (secondary N) is 1. The Morgan fingerprint density at radius 3 is 2.33 bits per heavy atom. The van der Waals surface area contributed by atoms with Crippen LogP contribution >= 0.6 is 34.8 Å². The first-order chi connectivity index (χ1) is 14.3. The molecule has 1 saturated heterocycles. The topological polar surface area (TPSA) is 48.5 Å². The van der Waals surface area contributed by atoms with Gasteiger partial charge in [-0.05, 0) is 43.4 Å². The summed E-state index contributed by atoms with van der Waals surface area (Å²) in [6, 6.07) is 16.8. The van der Waals surface area contributed by atoms with Crippen molar-refractivity contribution in [2.75, 3.05) is 38.5 Å². The number of aromatic nitrogens is 1. The molecule has 5 nitrogen and oxygen atoms in total. The highest BCUT2D eigenvalue weighted by Gasteiger charge is 2.26. The summed E-state index contributed by atoms with van der Waals surface area (Å²) < 4.78 is -1.63. The van der Waals surface area contributed by atoms with Crippen LogP contribution in [0.5, 0.6) is 0 Å². The Kier molecular flexibility index (Phi) is 6.07. The van der Waals surface area contributed by atoms with Crippen molar-refractivity contribution in [1.29, 1.82) is 0 Å². The summed E-state index contributed by atoms with van der Waals surface area (Å²) >= 11 is 18.2. The van der Waals surface area contributed by atoms with E-state index in [-0.39, 0.29) is 5.91 Å². The van der Waals surface area contributed by atoms with Gasteiger partial charge in [0, 0.05) is 48.5 Å². The first kappa shape index (κ1) is 21.2. The van der Waals surface area contributed by atoms with E-state index in [0.29, 0.717) is 11.3 Å². The van der Waals surface area contributed by atoms with Gasteiger partial charge in [-0.2, -0.15) is 0 Å². The molecule has 0 spiro atoms. The van der Waals surface area contributed by atoms with E-state index in [4.69, 9.17) is 34.8 Å². The normalized spacial score (nSPS) is 15.4. The molecule has 0 saturated carbocycles. The van der Waals surface area contributed by atoms with Crippen LogP contribution in [0, 0.1) is 0 Å². The molecule has 0 unspecified atom stereocenters. The van der Waals surface area contributed by atoms with Crippen molar-refractivity contribution in [3.63, 3.8) is 0 Å². The standard InChI is InChI=1S/C22H21Cl3N4O/c1-28-10-12-29(13-11-28)21(30)15-6-8-16(9-7-15)26-19-14-20(22(23,24)25)27-18-5-3-2-4-17(18)19/h2-9,14H,10-13H2,1H3,(H,26,27). The molecule has 30 heavy (non-hydrogen) atoms. The van der Waals surface area contributed by atoms with Crippen molar-refractivity contribution < 1.29 is 4.79 Å². The quantitative estimate of drug-likeness (QED) is 0.543. The zero-order chi connectivity index (χ0) is 21.3. The molecular weight excluding hydrogens is 443 g/mol. The van der Waals surface area contributed by atoms with Gasteiger partial charge in [0.15, 0.2) is 0 Å². The van der Waals surface area contributed by atoms with Crippen LogP contribution in [-0.2, 0) is 3.79 Å². The molecular formula is C22H21Cl3N4O. The molecule has 8 heteroatoms. The minimum absolute atomic E-state index is 0.0579. The average molecular weight is 464 g/mol. The number of hydrogen-bond donors (Lipinski definition) is 1. The number of carbonyl (C=O) groups is 1. The van der Waals surface area contributed by atoms with Crippen LogP contribution in [0.1, 0.15) is 16.1 Å². The summed E-state index contributed by atoms with van der Waals surface area (Å²) in [6.07, 6.45) is 0. The van der Waals surface area contributed by atoms with Crippen molar-refractivity contribution in [3.8, 4) is 0 Å². The lowest BCUT2D eigenvalue weighted by molar-refractivity contribution is 0.0664. The molecule has 1 aliphatic rings. The fourth-order valence-corrected chi connectivity index (χ4v) is 3.76. The van der Waals surface area contributed by atoms with Crippen LogP contribution in [0.2, 0.25) is 0 Å². The monoisotopic (exact) mass is 462 g/mol. The molecule has 0 atom stereocenters. The molecule has 3 aromatic rings. The number of hydrogen-bond acceptors (Lipinski definition) is 4. The summed E-state index contributed by atoms with van der Waals surface area (Å²) in [7, 11) is 2.07. The van der Waals surface area contributed by atoms with Gasteiger partial charge < -0.3 is 15.1 Å². The van der Waals surface area contributed by atoms with Crippen molar-refractivity contribution in [3.05, 3.63) is 65.9 Å². The summed E-state index contributed by atoms with van der Waals surface area (Å²) in [5, 5.41) is 4.27. The number of alkyl halides is 3. The predicted molar refractivity (Wildman–Crippen MR) is 124 cm³/mol. The number of likely N-dealkylation sites (N-methyl/N-ethyl adjacent to an activating group) is 1. The number of anilines is 2. The highest BCUT2D eigenvalue weighted by Crippen LogP contribution is 2.40. The molecule has 1 fully saturated rings. The summed E-state index contributed by atoms with van der Waals surface area (Å²) in [6.45, 7) is 3.29. The van der Waals surface area contributed by atoms with Crippen LogP contribution in [0.4, 0.5) is 11.4 Å². The number of carbonyl (C=O) groups excluding carboxylic acids is 1. The molecule has 4 rings (SSSR count). The maximum Gasteiger partial charge on any atom is 0.253 e. The van der Waals surface area contributed by atoms with E-state index >= 15 is 0 Å². The first-order valence-corrected chi connectivity index (χ1v) is 10.8. The third kappa shape index (κ3) is 4.65. The molecule has 1 N–H and O–H groups in total. The zero-order valence-electron chi connectivity index (χ0n) is 16.4. The number of para-hydroxylation sites is 1. The van der Waals surface area contributed by atoms with Crippen LogP contribution in [0.15, 0.2) is 54.6 Å². The third-order valence-corrected chi connectivity index (χ3v) is 5.79. The number of halogens is 3. The minimum atomic E-state index is -1.63. The third-order valence-electron chi connectivity index (χ3n) is 5.21. The van der Waals surface area contributed by atoms with E-state index in [1.165, 1.54) is 0 Å². The minimum Gasteiger partial charge on any atom is -0.355 e. The van der Waals surface area contributed by atoms with Gasteiger partial charge in [0.1, 0.15) is 0 Å². The van der Waals surface area contributed by atoms with E-state index in [0.717, 1.165) is 48.5 Å². The van der Waals surface area contributed by atoms with Crippen molar-refractivity contribution >= 4 is 63.0 Å². The predicted octanol–water partition coefficient (Wildman–Crippen LogP) is 5.19. The van der Waals surface area contributed by atoms with E-state index in [1.807, 2.05) is 53.4 Å². The van der Waals surface area contributed by atoms with Crippen LogP contribution in [-0.4, -0.2) is 53.9 Å².